The first-order valence-electron chi connectivity index (χ1n) is 8.71. The molecule has 0 bridgehead atoms. The molecule has 1 atom stereocenters. The lowest BCUT2D eigenvalue weighted by atomic mass is 9.94. The molecule has 1 aliphatic carbocycles. The molecule has 6 heteroatoms. The zero-order valence-corrected chi connectivity index (χ0v) is 14.3. The predicted molar refractivity (Wildman–Crippen MR) is 90.4 cm³/mol. The number of nitrogens with zero attached hydrogens (tertiary/aromatic N) is 1. The summed E-state index contributed by atoms with van der Waals surface area (Å²) in [5.74, 6) is 2.95. The molecule has 3 aliphatic rings. The van der Waals surface area contributed by atoms with Crippen LogP contribution < -0.4 is 10.6 Å². The fraction of sp³-hybridized carbons (Fsp3) is 0.938. The lowest BCUT2D eigenvalue weighted by molar-refractivity contribution is 0.104. The van der Waals surface area contributed by atoms with Crippen molar-refractivity contribution in [2.24, 2.45) is 5.92 Å². The van der Waals surface area contributed by atoms with E-state index in [-0.39, 0.29) is 11.6 Å². The Kier molecular flexibility index (Phi) is 5.88. The van der Waals surface area contributed by atoms with Crippen molar-refractivity contribution in [1.29, 1.82) is 0 Å². The van der Waals surface area contributed by atoms with E-state index in [0.29, 0.717) is 5.92 Å². The third-order valence-corrected chi connectivity index (χ3v) is 6.31. The molecule has 0 unspecified atom stereocenters. The van der Waals surface area contributed by atoms with Crippen LogP contribution in [0.1, 0.15) is 32.1 Å². The summed E-state index contributed by atoms with van der Waals surface area (Å²) in [6.45, 7) is 5.50. The molecule has 22 heavy (non-hydrogen) atoms. The summed E-state index contributed by atoms with van der Waals surface area (Å²) in [7, 11) is 0. The quantitative estimate of drug-likeness (QED) is 0.807. The highest BCUT2D eigenvalue weighted by Crippen LogP contribution is 2.36. The van der Waals surface area contributed by atoms with E-state index in [9.17, 15) is 4.79 Å². The number of rotatable bonds is 5. The number of carbonyl (C=O) groups is 1. The first-order chi connectivity index (χ1) is 10.8. The van der Waals surface area contributed by atoms with Gasteiger partial charge in [-0.1, -0.05) is 12.8 Å². The number of hydrogen-bond donors (Lipinski definition) is 2. The third-order valence-electron chi connectivity index (χ3n) is 5.37. The number of hydrogen-bond acceptors (Lipinski definition) is 4. The number of ether oxygens (including phenoxy) is 1. The van der Waals surface area contributed by atoms with Crippen LogP contribution in [-0.2, 0) is 4.74 Å². The minimum absolute atomic E-state index is 0.00967. The molecule has 0 aromatic carbocycles. The van der Waals surface area contributed by atoms with Gasteiger partial charge in [-0.15, -0.1) is 0 Å². The lowest BCUT2D eigenvalue weighted by Crippen LogP contribution is -2.57. The summed E-state index contributed by atoms with van der Waals surface area (Å²) in [4.78, 5) is 14.7. The minimum atomic E-state index is -0.00967. The van der Waals surface area contributed by atoms with Crippen LogP contribution in [0, 0.1) is 5.92 Å². The van der Waals surface area contributed by atoms with Crippen LogP contribution in [0.2, 0.25) is 0 Å². The Bertz CT molecular complexity index is 362. The van der Waals surface area contributed by atoms with Gasteiger partial charge in [-0.3, -0.25) is 4.90 Å². The molecule has 0 aromatic rings. The van der Waals surface area contributed by atoms with Gasteiger partial charge in [0.1, 0.15) is 0 Å². The molecule has 1 saturated carbocycles. The van der Waals surface area contributed by atoms with E-state index in [1.54, 1.807) is 0 Å². The molecular weight excluding hydrogens is 298 g/mol. The molecule has 2 aliphatic heterocycles. The maximum atomic E-state index is 12.1. The first-order valence-corrected chi connectivity index (χ1v) is 9.86. The summed E-state index contributed by atoms with van der Waals surface area (Å²) in [6, 6.07) is -0.00967. The van der Waals surface area contributed by atoms with Crippen molar-refractivity contribution in [3.05, 3.63) is 0 Å². The Morgan fingerprint density at radius 2 is 2.00 bits per heavy atom. The van der Waals surface area contributed by atoms with E-state index in [4.69, 9.17) is 4.74 Å². The van der Waals surface area contributed by atoms with Crippen molar-refractivity contribution in [3.8, 4) is 0 Å². The van der Waals surface area contributed by atoms with Gasteiger partial charge < -0.3 is 15.4 Å². The van der Waals surface area contributed by atoms with Crippen molar-refractivity contribution >= 4 is 17.8 Å². The molecule has 2 heterocycles. The standard InChI is InChI=1S/C16H29N3O2S/c20-15(17-11-14-3-8-21-12-14)18-13-16(4-1-2-5-16)19-6-9-22-10-7-19/h14H,1-13H2,(H2,17,18,20)/t14-/m1/s1. The van der Waals surface area contributed by atoms with Crippen molar-refractivity contribution in [1.82, 2.24) is 15.5 Å². The zero-order valence-electron chi connectivity index (χ0n) is 13.4. The molecule has 3 rings (SSSR count). The highest BCUT2D eigenvalue weighted by molar-refractivity contribution is 7.99. The van der Waals surface area contributed by atoms with Gasteiger partial charge in [0.25, 0.3) is 0 Å². The fourth-order valence-corrected chi connectivity index (χ4v) is 4.87. The molecule has 0 aromatic heterocycles. The van der Waals surface area contributed by atoms with E-state index in [0.717, 1.165) is 32.7 Å². The molecule has 2 amide bonds. The Morgan fingerprint density at radius 1 is 1.23 bits per heavy atom. The summed E-state index contributed by atoms with van der Waals surface area (Å²) in [5, 5.41) is 6.16. The van der Waals surface area contributed by atoms with E-state index >= 15 is 0 Å². The highest BCUT2D eigenvalue weighted by Gasteiger charge is 2.40. The van der Waals surface area contributed by atoms with Gasteiger partial charge in [-0.2, -0.15) is 11.8 Å². The van der Waals surface area contributed by atoms with Crippen molar-refractivity contribution in [2.45, 2.75) is 37.6 Å². The largest absolute Gasteiger partial charge is 0.381 e. The Hall–Kier alpha value is -0.460. The smallest absolute Gasteiger partial charge is 0.314 e. The Morgan fingerprint density at radius 3 is 2.68 bits per heavy atom. The second-order valence-electron chi connectivity index (χ2n) is 6.82. The molecule has 2 N–H and O–H groups in total. The zero-order chi connectivity index (χ0) is 15.3. The van der Waals surface area contributed by atoms with E-state index in [1.807, 2.05) is 11.8 Å². The molecule has 0 spiro atoms. The SMILES string of the molecule is O=C(NC[C@H]1CCOC1)NCC1(N2CCSCC2)CCCC1. The summed E-state index contributed by atoms with van der Waals surface area (Å²) in [6.07, 6.45) is 6.12. The molecule has 2 saturated heterocycles. The second-order valence-corrected chi connectivity index (χ2v) is 8.05. The van der Waals surface area contributed by atoms with Gasteiger partial charge in [0.05, 0.1) is 6.61 Å². The number of carbonyl (C=O) groups excluding carboxylic acids is 1. The average Bonchev–Trinajstić information content (AvgIpc) is 3.24. The topological polar surface area (TPSA) is 53.6 Å². The fourth-order valence-electron chi connectivity index (χ4n) is 3.96. The van der Waals surface area contributed by atoms with Crippen LogP contribution in [0.25, 0.3) is 0 Å². The van der Waals surface area contributed by atoms with Crippen molar-refractivity contribution < 1.29 is 9.53 Å². The predicted octanol–water partition coefficient (Wildman–Crippen LogP) is 1.68. The normalized spacial score (nSPS) is 28.6. The van der Waals surface area contributed by atoms with Crippen molar-refractivity contribution in [3.63, 3.8) is 0 Å². The van der Waals surface area contributed by atoms with Gasteiger partial charge in [-0.25, -0.2) is 4.79 Å². The van der Waals surface area contributed by atoms with Crippen LogP contribution >= 0.6 is 11.8 Å². The monoisotopic (exact) mass is 327 g/mol. The van der Waals surface area contributed by atoms with E-state index in [1.165, 1.54) is 50.3 Å². The maximum Gasteiger partial charge on any atom is 0.314 e. The average molecular weight is 327 g/mol. The van der Waals surface area contributed by atoms with Crippen LogP contribution in [0.15, 0.2) is 0 Å². The van der Waals surface area contributed by atoms with Gasteiger partial charge in [-0.05, 0) is 19.3 Å². The number of thioether (sulfide) groups is 1. The van der Waals surface area contributed by atoms with Gasteiger partial charge in [0, 0.05) is 55.7 Å². The molecule has 5 nitrogen and oxygen atoms in total. The van der Waals surface area contributed by atoms with Crippen LogP contribution in [-0.4, -0.2) is 67.4 Å². The van der Waals surface area contributed by atoms with E-state index < -0.39 is 0 Å². The number of urea groups is 1. The third kappa shape index (κ3) is 4.09. The summed E-state index contributed by atoms with van der Waals surface area (Å²) < 4.78 is 5.35. The first kappa shape index (κ1) is 16.4. The molecular formula is C16H29N3O2S. The van der Waals surface area contributed by atoms with Crippen LogP contribution in [0.5, 0.6) is 0 Å². The Labute approximate surface area is 137 Å². The van der Waals surface area contributed by atoms with Crippen molar-refractivity contribution in [2.75, 3.05) is 50.9 Å². The highest BCUT2D eigenvalue weighted by atomic mass is 32.2. The van der Waals surface area contributed by atoms with Gasteiger partial charge in [0.15, 0.2) is 0 Å². The number of nitrogens with one attached hydrogen (secondary N) is 2. The van der Waals surface area contributed by atoms with Gasteiger partial charge >= 0.3 is 6.03 Å². The number of amides is 2. The molecule has 0 radical (unpaired) electrons. The van der Waals surface area contributed by atoms with E-state index in [2.05, 4.69) is 15.5 Å². The second kappa shape index (κ2) is 7.88. The summed E-state index contributed by atoms with van der Waals surface area (Å²) >= 11 is 2.05. The molecule has 126 valence electrons. The van der Waals surface area contributed by atoms with Gasteiger partial charge in [0.2, 0.25) is 0 Å². The summed E-state index contributed by atoms with van der Waals surface area (Å²) in [5.41, 5.74) is 0.217. The van der Waals surface area contributed by atoms with Crippen LogP contribution in [0.4, 0.5) is 4.79 Å². The minimum Gasteiger partial charge on any atom is -0.381 e. The molecule has 3 fully saturated rings. The maximum absolute atomic E-state index is 12.1. The Balaban J connectivity index is 1.45. The van der Waals surface area contributed by atoms with Crippen LogP contribution in [0.3, 0.4) is 0 Å². The lowest BCUT2D eigenvalue weighted by Gasteiger charge is -2.43.